The lowest BCUT2D eigenvalue weighted by molar-refractivity contribution is -0.136. The van der Waals surface area contributed by atoms with Crippen LogP contribution in [0.2, 0.25) is 0 Å². The van der Waals surface area contributed by atoms with Crippen LogP contribution < -0.4 is 0 Å². The number of carboxylic acids is 1. The molecule has 1 aromatic heterocycles. The van der Waals surface area contributed by atoms with Crippen LogP contribution in [-0.2, 0) is 11.2 Å². The third kappa shape index (κ3) is 3.30. The van der Waals surface area contributed by atoms with Crippen LogP contribution in [0.4, 0.5) is 0 Å². The molecule has 0 amide bonds. The van der Waals surface area contributed by atoms with Gasteiger partial charge in [-0.2, -0.15) is 0 Å². The van der Waals surface area contributed by atoms with Crippen molar-refractivity contribution in [2.75, 3.05) is 0 Å². The normalized spacial score (nSPS) is 9.60. The van der Waals surface area contributed by atoms with Gasteiger partial charge < -0.3 is 5.11 Å². The summed E-state index contributed by atoms with van der Waals surface area (Å²) in [6, 6.07) is 2.95. The Hall–Kier alpha value is -2.04. The second-order valence-electron chi connectivity index (χ2n) is 2.95. The maximum Gasteiger partial charge on any atom is 0.303 e. The standard InChI is InChI=1S/C10H9NO4/c12-5-8-3-7(1-2-10(14)15)4-9(6-13)11-8/h3-6H,1-2H2,(H,14,15). The summed E-state index contributed by atoms with van der Waals surface area (Å²) in [5.74, 6) is -0.924. The lowest BCUT2D eigenvalue weighted by Gasteiger charge is -2.00. The molecule has 1 heterocycles. The molecule has 1 rings (SSSR count). The summed E-state index contributed by atoms with van der Waals surface area (Å²) in [4.78, 5) is 35.0. The van der Waals surface area contributed by atoms with Crippen molar-refractivity contribution in [3.63, 3.8) is 0 Å². The maximum atomic E-state index is 10.5. The highest BCUT2D eigenvalue weighted by atomic mass is 16.4. The first-order valence-electron chi connectivity index (χ1n) is 4.29. The molecule has 15 heavy (non-hydrogen) atoms. The molecule has 0 atom stereocenters. The molecule has 0 aliphatic carbocycles. The van der Waals surface area contributed by atoms with Crippen LogP contribution in [-0.4, -0.2) is 28.6 Å². The predicted octanol–water partition coefficient (Wildman–Crippen LogP) is 0.724. The van der Waals surface area contributed by atoms with Crippen molar-refractivity contribution in [2.24, 2.45) is 0 Å². The molecule has 0 fully saturated rings. The highest BCUT2D eigenvalue weighted by Gasteiger charge is 2.04. The Bertz CT molecular complexity index is 374. The number of aryl methyl sites for hydroxylation is 1. The minimum Gasteiger partial charge on any atom is -0.481 e. The third-order valence-electron chi connectivity index (χ3n) is 1.79. The Balaban J connectivity index is 2.91. The molecule has 1 N–H and O–H groups in total. The molecule has 0 bridgehead atoms. The topological polar surface area (TPSA) is 84.3 Å². The number of aldehydes is 2. The first-order chi connectivity index (χ1) is 7.15. The zero-order valence-corrected chi connectivity index (χ0v) is 7.84. The van der Waals surface area contributed by atoms with Crippen molar-refractivity contribution in [3.8, 4) is 0 Å². The van der Waals surface area contributed by atoms with Crippen LogP contribution in [0.15, 0.2) is 12.1 Å². The number of carboxylic acid groups (broad SMARTS) is 1. The van der Waals surface area contributed by atoms with Crippen molar-refractivity contribution < 1.29 is 19.5 Å². The van der Waals surface area contributed by atoms with E-state index in [0.29, 0.717) is 18.1 Å². The minimum absolute atomic E-state index is 0.0411. The van der Waals surface area contributed by atoms with E-state index < -0.39 is 5.97 Å². The van der Waals surface area contributed by atoms with E-state index >= 15 is 0 Å². The molecule has 0 saturated carbocycles. The quantitative estimate of drug-likeness (QED) is 0.719. The van der Waals surface area contributed by atoms with E-state index in [9.17, 15) is 14.4 Å². The number of pyridine rings is 1. The maximum absolute atomic E-state index is 10.5. The average Bonchev–Trinajstić information content (AvgIpc) is 2.25. The number of carbonyl (C=O) groups excluding carboxylic acids is 2. The lowest BCUT2D eigenvalue weighted by Crippen LogP contribution is -2.01. The van der Waals surface area contributed by atoms with Crippen molar-refractivity contribution in [1.29, 1.82) is 0 Å². The second kappa shape index (κ2) is 4.99. The van der Waals surface area contributed by atoms with Crippen molar-refractivity contribution in [3.05, 3.63) is 29.1 Å². The third-order valence-corrected chi connectivity index (χ3v) is 1.79. The number of nitrogens with zero attached hydrogens (tertiary/aromatic N) is 1. The van der Waals surface area contributed by atoms with Gasteiger partial charge in [0.2, 0.25) is 0 Å². The van der Waals surface area contributed by atoms with Crippen molar-refractivity contribution in [1.82, 2.24) is 4.98 Å². The predicted molar refractivity (Wildman–Crippen MR) is 51.0 cm³/mol. The smallest absolute Gasteiger partial charge is 0.303 e. The first kappa shape index (κ1) is 11.0. The largest absolute Gasteiger partial charge is 0.481 e. The van der Waals surface area contributed by atoms with Crippen LogP contribution in [0.3, 0.4) is 0 Å². The number of hydrogen-bond donors (Lipinski definition) is 1. The lowest BCUT2D eigenvalue weighted by atomic mass is 10.1. The van der Waals surface area contributed by atoms with Crippen molar-refractivity contribution >= 4 is 18.5 Å². The summed E-state index contributed by atoms with van der Waals surface area (Å²) < 4.78 is 0. The number of rotatable bonds is 5. The number of aliphatic carboxylic acids is 1. The molecule has 5 nitrogen and oxygen atoms in total. The molecule has 0 radical (unpaired) electrons. The second-order valence-corrected chi connectivity index (χ2v) is 2.95. The van der Waals surface area contributed by atoms with Gasteiger partial charge in [-0.15, -0.1) is 0 Å². The van der Waals surface area contributed by atoms with Crippen LogP contribution in [0.25, 0.3) is 0 Å². The Morgan fingerprint density at radius 1 is 1.27 bits per heavy atom. The van der Waals surface area contributed by atoms with Crippen LogP contribution >= 0.6 is 0 Å². The molecule has 0 aromatic carbocycles. The van der Waals surface area contributed by atoms with Gasteiger partial charge in [0.1, 0.15) is 11.4 Å². The van der Waals surface area contributed by atoms with Gasteiger partial charge in [-0.1, -0.05) is 0 Å². The molecular formula is C10H9NO4. The molecule has 0 saturated heterocycles. The molecule has 0 spiro atoms. The first-order valence-corrected chi connectivity index (χ1v) is 4.29. The molecule has 78 valence electrons. The zero-order valence-electron chi connectivity index (χ0n) is 7.84. The van der Waals surface area contributed by atoms with E-state index in [1.807, 2.05) is 0 Å². The van der Waals surface area contributed by atoms with Gasteiger partial charge in [0.05, 0.1) is 0 Å². The van der Waals surface area contributed by atoms with Gasteiger partial charge >= 0.3 is 5.97 Å². The van der Waals surface area contributed by atoms with E-state index in [0.717, 1.165) is 0 Å². The molecule has 0 aliphatic heterocycles. The van der Waals surface area contributed by atoms with Gasteiger partial charge in [0.25, 0.3) is 0 Å². The summed E-state index contributed by atoms with van der Waals surface area (Å²) in [5.41, 5.74) is 0.900. The highest BCUT2D eigenvalue weighted by molar-refractivity contribution is 5.77. The summed E-state index contributed by atoms with van der Waals surface area (Å²) in [6.45, 7) is 0. The fraction of sp³-hybridized carbons (Fsp3) is 0.200. The van der Waals surface area contributed by atoms with Gasteiger partial charge in [0.15, 0.2) is 12.6 Å². The highest BCUT2D eigenvalue weighted by Crippen LogP contribution is 2.06. The fourth-order valence-electron chi connectivity index (χ4n) is 1.15. The van der Waals surface area contributed by atoms with E-state index in [-0.39, 0.29) is 24.2 Å². The molecule has 1 aromatic rings. The van der Waals surface area contributed by atoms with Gasteiger partial charge in [-0.25, -0.2) is 4.98 Å². The number of aromatic nitrogens is 1. The summed E-state index contributed by atoms with van der Waals surface area (Å²) in [5, 5.41) is 8.47. The summed E-state index contributed by atoms with van der Waals surface area (Å²) >= 11 is 0. The molecule has 5 heteroatoms. The average molecular weight is 207 g/mol. The van der Waals surface area contributed by atoms with Crippen LogP contribution in [0, 0.1) is 0 Å². The van der Waals surface area contributed by atoms with Gasteiger partial charge in [-0.05, 0) is 24.1 Å². The minimum atomic E-state index is -0.924. The Morgan fingerprint density at radius 3 is 2.20 bits per heavy atom. The fourth-order valence-corrected chi connectivity index (χ4v) is 1.15. The van der Waals surface area contributed by atoms with Gasteiger partial charge in [-0.3, -0.25) is 14.4 Å². The van der Waals surface area contributed by atoms with E-state index in [2.05, 4.69) is 4.98 Å². The Labute approximate surface area is 85.8 Å². The van der Waals surface area contributed by atoms with E-state index in [4.69, 9.17) is 5.11 Å². The van der Waals surface area contributed by atoms with E-state index in [1.165, 1.54) is 12.1 Å². The Kier molecular flexibility index (Phi) is 3.68. The number of hydrogen-bond acceptors (Lipinski definition) is 4. The zero-order chi connectivity index (χ0) is 11.3. The summed E-state index contributed by atoms with van der Waals surface area (Å²) in [6.07, 6.45) is 1.29. The van der Waals surface area contributed by atoms with Crippen LogP contribution in [0.5, 0.6) is 0 Å². The molecule has 0 unspecified atom stereocenters. The summed E-state index contributed by atoms with van der Waals surface area (Å²) in [7, 11) is 0. The molecule has 0 aliphatic rings. The Morgan fingerprint density at radius 2 is 1.80 bits per heavy atom. The van der Waals surface area contributed by atoms with Crippen molar-refractivity contribution in [2.45, 2.75) is 12.8 Å². The molecular weight excluding hydrogens is 198 g/mol. The van der Waals surface area contributed by atoms with Gasteiger partial charge in [0, 0.05) is 6.42 Å². The SMILES string of the molecule is O=Cc1cc(CCC(=O)O)cc(C=O)n1. The number of carbonyl (C=O) groups is 3. The van der Waals surface area contributed by atoms with Crippen LogP contribution in [0.1, 0.15) is 33.0 Å². The van der Waals surface area contributed by atoms with E-state index in [1.54, 1.807) is 0 Å². The monoisotopic (exact) mass is 207 g/mol.